The monoisotopic (exact) mass is 572 g/mol. The van der Waals surface area contributed by atoms with Crippen LogP contribution in [-0.2, 0) is 20.5 Å². The molecule has 41 heavy (non-hydrogen) atoms. The Labute approximate surface area is 250 Å². The molecule has 1 heterocycles. The lowest BCUT2D eigenvalue weighted by Gasteiger charge is -2.43. The van der Waals surface area contributed by atoms with Gasteiger partial charge in [-0.3, -0.25) is 0 Å². The Morgan fingerprint density at radius 2 is 1.27 bits per heavy atom. The number of hydrogen-bond donors (Lipinski definition) is 0. The number of benzene rings is 3. The van der Waals surface area contributed by atoms with Crippen molar-refractivity contribution in [3.8, 4) is 0 Å². The summed E-state index contributed by atoms with van der Waals surface area (Å²) in [5.74, 6) is 0.837. The first-order valence-corrected chi connectivity index (χ1v) is 17.5. The minimum atomic E-state index is -2.89. The molecule has 5 atom stereocenters. The predicted molar refractivity (Wildman–Crippen MR) is 175 cm³/mol. The first kappa shape index (κ1) is 31.7. The Bertz CT molecular complexity index is 1230. The van der Waals surface area contributed by atoms with Gasteiger partial charge in [-0.1, -0.05) is 93.4 Å². The maximum Gasteiger partial charge on any atom is 0.264 e. The molecule has 0 amide bonds. The fourth-order valence-corrected chi connectivity index (χ4v) is 14.6. The summed E-state index contributed by atoms with van der Waals surface area (Å²) in [4.78, 5) is 0. The molecule has 1 aliphatic heterocycles. The van der Waals surface area contributed by atoms with E-state index in [1.807, 2.05) is 0 Å². The minimum absolute atomic E-state index is 0.0793. The largest absolute Gasteiger partial charge is 0.383 e. The van der Waals surface area contributed by atoms with Crippen molar-refractivity contribution >= 4 is 18.7 Å². The third kappa shape index (κ3) is 6.13. The number of rotatable bonds is 10. The molecular weight excluding hydrogens is 520 g/mol. The maximum absolute atomic E-state index is 7.56. The van der Waals surface area contributed by atoms with Gasteiger partial charge in [0.2, 0.25) is 0 Å². The third-order valence-corrected chi connectivity index (χ3v) is 14.9. The van der Waals surface area contributed by atoms with Gasteiger partial charge in [0.05, 0.1) is 12.7 Å². The third-order valence-electron chi connectivity index (χ3n) is 9.22. The van der Waals surface area contributed by atoms with Crippen LogP contribution in [0, 0.1) is 59.3 Å². The highest BCUT2D eigenvalue weighted by Gasteiger charge is 2.62. The fraction of sp³-hybridized carbons (Fsp3) is 0.514. The molecule has 0 saturated carbocycles. The second-order valence-electron chi connectivity index (χ2n) is 13.0. The summed E-state index contributed by atoms with van der Waals surface area (Å²) in [6.45, 7) is 26.3. The van der Waals surface area contributed by atoms with Gasteiger partial charge in [-0.25, -0.2) is 0 Å². The van der Waals surface area contributed by atoms with Crippen molar-refractivity contribution in [3.05, 3.63) is 93.5 Å². The maximum atomic E-state index is 7.56. The summed E-state index contributed by atoms with van der Waals surface area (Å²) in [7, 11) is -2.89. The predicted octanol–water partition coefficient (Wildman–Crippen LogP) is 7.87. The molecule has 0 radical (unpaired) electrons. The minimum Gasteiger partial charge on any atom is -0.383 e. The molecule has 3 aromatic rings. The second-order valence-corrected chi connectivity index (χ2v) is 16.3. The topological polar surface area (TPSA) is 27.7 Å². The molecule has 1 saturated heterocycles. The average molecular weight is 573 g/mol. The van der Waals surface area contributed by atoms with Crippen molar-refractivity contribution < 1.29 is 13.9 Å². The van der Waals surface area contributed by atoms with E-state index < -0.39 is 8.32 Å². The van der Waals surface area contributed by atoms with Crippen LogP contribution in [0.4, 0.5) is 0 Å². The lowest BCUT2D eigenvalue weighted by atomic mass is 9.86. The van der Waals surface area contributed by atoms with E-state index in [-0.39, 0.29) is 29.8 Å². The van der Waals surface area contributed by atoms with Gasteiger partial charge in [-0.05, 0) is 104 Å². The SMILES string of the molecule is CCOC1O[Si](c2c(C)cc(C)cc2C)(c2c(C)cc(C)cc2C)[C@@H]([C@@H](C)[C@H](OCc2ccccc2)C(C)C)[C@@H]1C. The zero-order chi connectivity index (χ0) is 30.1. The summed E-state index contributed by atoms with van der Waals surface area (Å²) < 4.78 is 20.9. The molecule has 0 spiro atoms. The van der Waals surface area contributed by atoms with Crippen LogP contribution in [-0.4, -0.2) is 27.3 Å². The van der Waals surface area contributed by atoms with Crippen molar-refractivity contribution in [2.45, 2.75) is 101 Å². The van der Waals surface area contributed by atoms with E-state index in [1.54, 1.807) is 0 Å². The van der Waals surface area contributed by atoms with Crippen molar-refractivity contribution in [1.29, 1.82) is 0 Å². The van der Waals surface area contributed by atoms with Crippen LogP contribution >= 0.6 is 0 Å². The molecule has 1 aliphatic rings. The molecule has 0 N–H and O–H groups in total. The van der Waals surface area contributed by atoms with E-state index in [9.17, 15) is 0 Å². The molecule has 4 heteroatoms. The lowest BCUT2D eigenvalue weighted by Crippen LogP contribution is -2.66. The van der Waals surface area contributed by atoms with Crippen molar-refractivity contribution in [1.82, 2.24) is 0 Å². The van der Waals surface area contributed by atoms with Gasteiger partial charge >= 0.3 is 0 Å². The molecule has 3 nitrogen and oxygen atoms in total. The average Bonchev–Trinajstić information content (AvgIpc) is 3.15. The molecular formula is C37H52O3Si. The molecule has 0 bridgehead atoms. The molecule has 0 aliphatic carbocycles. The van der Waals surface area contributed by atoms with Gasteiger partial charge < -0.3 is 13.9 Å². The summed E-state index contributed by atoms with van der Waals surface area (Å²) in [5, 5.41) is 2.85. The smallest absolute Gasteiger partial charge is 0.264 e. The fourth-order valence-electron chi connectivity index (χ4n) is 8.14. The molecule has 3 aromatic carbocycles. The van der Waals surface area contributed by atoms with E-state index in [4.69, 9.17) is 13.9 Å². The van der Waals surface area contributed by atoms with Gasteiger partial charge in [-0.2, -0.15) is 0 Å². The second kappa shape index (κ2) is 13.0. The van der Waals surface area contributed by atoms with Crippen molar-refractivity contribution in [2.75, 3.05) is 6.61 Å². The summed E-state index contributed by atoms with van der Waals surface area (Å²) in [6.07, 6.45) is -0.170. The first-order valence-electron chi connectivity index (χ1n) is 15.5. The Balaban J connectivity index is 1.98. The zero-order valence-corrected chi connectivity index (χ0v) is 28.3. The van der Waals surface area contributed by atoms with Crippen LogP contribution in [0.2, 0.25) is 5.54 Å². The highest BCUT2D eigenvalue weighted by atomic mass is 28.4. The Kier molecular flexibility index (Phi) is 10.0. The van der Waals surface area contributed by atoms with Gasteiger partial charge in [0, 0.05) is 12.5 Å². The van der Waals surface area contributed by atoms with E-state index in [0.29, 0.717) is 19.1 Å². The highest BCUT2D eigenvalue weighted by molar-refractivity contribution is 7.00. The van der Waals surface area contributed by atoms with Crippen molar-refractivity contribution in [3.63, 3.8) is 0 Å². The Morgan fingerprint density at radius 3 is 1.71 bits per heavy atom. The number of aryl methyl sites for hydroxylation is 6. The van der Waals surface area contributed by atoms with Gasteiger partial charge in [0.25, 0.3) is 8.32 Å². The van der Waals surface area contributed by atoms with Crippen LogP contribution < -0.4 is 10.4 Å². The van der Waals surface area contributed by atoms with Gasteiger partial charge in [0.15, 0.2) is 6.29 Å². The lowest BCUT2D eigenvalue weighted by molar-refractivity contribution is -0.0957. The first-order chi connectivity index (χ1) is 19.4. The number of hydrogen-bond acceptors (Lipinski definition) is 3. The van der Waals surface area contributed by atoms with Crippen LogP contribution in [0.5, 0.6) is 0 Å². The highest BCUT2D eigenvalue weighted by Crippen LogP contribution is 2.50. The van der Waals surface area contributed by atoms with Crippen molar-refractivity contribution in [2.24, 2.45) is 17.8 Å². The van der Waals surface area contributed by atoms with E-state index in [1.165, 1.54) is 49.3 Å². The molecule has 222 valence electrons. The van der Waals surface area contributed by atoms with Crippen LogP contribution in [0.15, 0.2) is 54.6 Å². The quantitative estimate of drug-likeness (QED) is 0.231. The van der Waals surface area contributed by atoms with Crippen LogP contribution in [0.1, 0.15) is 73.6 Å². The number of ether oxygens (including phenoxy) is 2. The summed E-state index contributed by atoms with van der Waals surface area (Å²) in [6, 6.07) is 20.0. The van der Waals surface area contributed by atoms with Crippen LogP contribution in [0.25, 0.3) is 0 Å². The van der Waals surface area contributed by atoms with Crippen LogP contribution in [0.3, 0.4) is 0 Å². The Hall–Kier alpha value is -2.24. The molecule has 0 aromatic heterocycles. The normalized spacial score (nSPS) is 21.8. The van der Waals surface area contributed by atoms with Gasteiger partial charge in [0.1, 0.15) is 0 Å². The molecule has 4 rings (SSSR count). The molecule has 1 unspecified atom stereocenters. The van der Waals surface area contributed by atoms with Gasteiger partial charge in [-0.15, -0.1) is 0 Å². The van der Waals surface area contributed by atoms with E-state index >= 15 is 0 Å². The molecule has 1 fully saturated rings. The summed E-state index contributed by atoms with van der Waals surface area (Å²) >= 11 is 0. The zero-order valence-electron chi connectivity index (χ0n) is 27.3. The summed E-state index contributed by atoms with van der Waals surface area (Å²) in [5.41, 5.74) is 9.42. The van der Waals surface area contributed by atoms with E-state index in [0.717, 1.165) is 0 Å². The standard InChI is InChI=1S/C37H52O3Si/c1-12-38-37-31(11)36(30(10)33(23(2)3)39-22-32-16-14-13-15-17-32)41(40-37,34-26(6)18-24(4)19-27(34)7)35-28(8)20-25(5)21-29(35)9/h13-21,23,30-31,33,36-37H,12,22H2,1-11H3/t30-,31-,33+,36-,37?/m0/s1. The Morgan fingerprint density at radius 1 is 0.780 bits per heavy atom. The van der Waals surface area contributed by atoms with E-state index in [2.05, 4.69) is 131 Å².